The molecule has 0 aliphatic rings. The molecule has 0 radical (unpaired) electrons. The van der Waals surface area contributed by atoms with E-state index in [1.807, 2.05) is 13.8 Å². The quantitative estimate of drug-likeness (QED) is 0.747. The predicted octanol–water partition coefficient (Wildman–Crippen LogP) is 3.99. The van der Waals surface area contributed by atoms with Gasteiger partial charge in [-0.1, -0.05) is 29.8 Å². The van der Waals surface area contributed by atoms with Crippen LogP contribution in [0.2, 0.25) is 0 Å². The summed E-state index contributed by atoms with van der Waals surface area (Å²) in [5.74, 6) is -0.0488. The van der Waals surface area contributed by atoms with Crippen LogP contribution in [-0.4, -0.2) is 9.81 Å². The molecule has 1 nitrogen and oxygen atoms in total. The lowest BCUT2D eigenvalue weighted by Crippen LogP contribution is -2.10. The molecule has 0 amide bonds. The fourth-order valence-corrected chi connectivity index (χ4v) is 1.38. The lowest BCUT2D eigenvalue weighted by Gasteiger charge is -2.15. The summed E-state index contributed by atoms with van der Waals surface area (Å²) >= 11 is 3.33. The number of aromatic nitrogens is 1. The van der Waals surface area contributed by atoms with Crippen LogP contribution >= 0.6 is 15.9 Å². The van der Waals surface area contributed by atoms with Gasteiger partial charge in [0.15, 0.2) is 0 Å². The molecule has 0 N–H and O–H groups in total. The van der Waals surface area contributed by atoms with Crippen LogP contribution in [0.15, 0.2) is 18.3 Å². The number of rotatable bonds is 2. The Morgan fingerprint density at radius 3 is 2.40 bits per heavy atom. The minimum absolute atomic E-state index is 0.0488. The summed E-state index contributed by atoms with van der Waals surface area (Å²) < 4.78 is 37.2. The van der Waals surface area contributed by atoms with E-state index in [1.54, 1.807) is 0 Å². The molecule has 1 heterocycles. The van der Waals surface area contributed by atoms with Crippen LogP contribution in [0.4, 0.5) is 13.2 Å². The molecule has 2 atom stereocenters. The third-order valence-corrected chi connectivity index (χ3v) is 3.06. The summed E-state index contributed by atoms with van der Waals surface area (Å²) in [6.45, 7) is 3.72. The molecule has 0 aliphatic heterocycles. The zero-order valence-electron chi connectivity index (χ0n) is 8.35. The van der Waals surface area contributed by atoms with Gasteiger partial charge in [-0.15, -0.1) is 0 Å². The van der Waals surface area contributed by atoms with Crippen molar-refractivity contribution in [2.75, 3.05) is 0 Å². The highest BCUT2D eigenvalue weighted by Gasteiger charge is 2.31. The third-order valence-electron chi connectivity index (χ3n) is 2.26. The van der Waals surface area contributed by atoms with E-state index in [4.69, 9.17) is 0 Å². The van der Waals surface area contributed by atoms with Crippen molar-refractivity contribution in [2.45, 2.75) is 30.8 Å². The Labute approximate surface area is 94.8 Å². The molecule has 15 heavy (non-hydrogen) atoms. The van der Waals surface area contributed by atoms with E-state index in [-0.39, 0.29) is 10.7 Å². The Morgan fingerprint density at radius 2 is 1.93 bits per heavy atom. The van der Waals surface area contributed by atoms with Crippen LogP contribution in [0.1, 0.15) is 31.0 Å². The molecule has 0 saturated carbocycles. The highest BCUT2D eigenvalue weighted by molar-refractivity contribution is 9.09. The SMILES string of the molecule is CC(Br)C(C)c1cc(C(F)(F)F)ccn1. The zero-order valence-corrected chi connectivity index (χ0v) is 9.93. The summed E-state index contributed by atoms with van der Waals surface area (Å²) in [6.07, 6.45) is -3.10. The predicted molar refractivity (Wildman–Crippen MR) is 56.0 cm³/mol. The maximum absolute atomic E-state index is 12.4. The first-order valence-corrected chi connectivity index (χ1v) is 5.41. The van der Waals surface area contributed by atoms with Crippen LogP contribution in [0.3, 0.4) is 0 Å². The molecule has 0 fully saturated rings. The molecule has 84 valence electrons. The van der Waals surface area contributed by atoms with E-state index in [0.717, 1.165) is 12.1 Å². The second-order valence-corrected chi connectivity index (χ2v) is 4.88. The van der Waals surface area contributed by atoms with E-state index >= 15 is 0 Å². The van der Waals surface area contributed by atoms with Gasteiger partial charge in [-0.2, -0.15) is 13.2 Å². The summed E-state index contributed by atoms with van der Waals surface area (Å²) in [7, 11) is 0. The van der Waals surface area contributed by atoms with Gasteiger partial charge in [-0.3, -0.25) is 4.98 Å². The normalized spacial score (nSPS) is 16.1. The smallest absolute Gasteiger partial charge is 0.261 e. The van der Waals surface area contributed by atoms with Gasteiger partial charge in [0.25, 0.3) is 0 Å². The van der Waals surface area contributed by atoms with E-state index in [2.05, 4.69) is 20.9 Å². The molecule has 0 aromatic carbocycles. The highest BCUT2D eigenvalue weighted by Crippen LogP contribution is 2.31. The van der Waals surface area contributed by atoms with Gasteiger partial charge >= 0.3 is 6.18 Å². The highest BCUT2D eigenvalue weighted by atomic mass is 79.9. The Hall–Kier alpha value is -0.580. The molecular weight excluding hydrogens is 271 g/mol. The molecule has 1 rings (SSSR count). The first kappa shape index (κ1) is 12.5. The number of hydrogen-bond acceptors (Lipinski definition) is 1. The van der Waals surface area contributed by atoms with Crippen LogP contribution < -0.4 is 0 Å². The number of nitrogens with zero attached hydrogens (tertiary/aromatic N) is 1. The van der Waals surface area contributed by atoms with Crippen molar-refractivity contribution in [3.8, 4) is 0 Å². The van der Waals surface area contributed by atoms with E-state index in [1.165, 1.54) is 6.20 Å². The van der Waals surface area contributed by atoms with Crippen molar-refractivity contribution in [1.29, 1.82) is 0 Å². The second-order valence-electron chi connectivity index (χ2n) is 3.43. The maximum Gasteiger partial charge on any atom is 0.416 e. The van der Waals surface area contributed by atoms with Gasteiger partial charge in [0.2, 0.25) is 0 Å². The lowest BCUT2D eigenvalue weighted by atomic mass is 10.0. The second kappa shape index (κ2) is 4.51. The Balaban J connectivity index is 3.03. The molecule has 2 unspecified atom stereocenters. The van der Waals surface area contributed by atoms with Crippen molar-refractivity contribution in [1.82, 2.24) is 4.98 Å². The number of pyridine rings is 1. The molecule has 0 spiro atoms. The third kappa shape index (κ3) is 3.19. The van der Waals surface area contributed by atoms with Crippen molar-refractivity contribution in [2.24, 2.45) is 0 Å². The first-order chi connectivity index (χ1) is 6.82. The maximum atomic E-state index is 12.4. The summed E-state index contributed by atoms with van der Waals surface area (Å²) in [6, 6.07) is 2.08. The van der Waals surface area contributed by atoms with Crippen molar-refractivity contribution in [3.63, 3.8) is 0 Å². The molecule has 0 saturated heterocycles. The van der Waals surface area contributed by atoms with Gasteiger partial charge in [0.1, 0.15) is 0 Å². The fourth-order valence-electron chi connectivity index (χ4n) is 1.11. The summed E-state index contributed by atoms with van der Waals surface area (Å²) in [5, 5.41) is 0. The molecular formula is C10H11BrF3N. The van der Waals surface area contributed by atoms with Crippen LogP contribution in [0.25, 0.3) is 0 Å². The molecule has 5 heteroatoms. The van der Waals surface area contributed by atoms with Crippen molar-refractivity contribution >= 4 is 15.9 Å². The minimum atomic E-state index is -4.30. The number of hydrogen-bond donors (Lipinski definition) is 0. The van der Waals surface area contributed by atoms with Gasteiger partial charge in [0, 0.05) is 22.6 Å². The van der Waals surface area contributed by atoms with E-state index in [0.29, 0.717) is 5.69 Å². The summed E-state index contributed by atoms with van der Waals surface area (Å²) in [5.41, 5.74) is -0.193. The molecule has 0 bridgehead atoms. The van der Waals surface area contributed by atoms with Gasteiger partial charge in [-0.25, -0.2) is 0 Å². The average molecular weight is 282 g/mol. The fraction of sp³-hybridized carbons (Fsp3) is 0.500. The largest absolute Gasteiger partial charge is 0.416 e. The molecule has 1 aromatic rings. The van der Waals surface area contributed by atoms with Crippen LogP contribution in [-0.2, 0) is 6.18 Å². The topological polar surface area (TPSA) is 12.9 Å². The Morgan fingerprint density at radius 1 is 1.33 bits per heavy atom. The van der Waals surface area contributed by atoms with Crippen LogP contribution in [0.5, 0.6) is 0 Å². The number of alkyl halides is 4. The van der Waals surface area contributed by atoms with Crippen molar-refractivity contribution < 1.29 is 13.2 Å². The number of halogens is 4. The monoisotopic (exact) mass is 281 g/mol. The van der Waals surface area contributed by atoms with Gasteiger partial charge < -0.3 is 0 Å². The van der Waals surface area contributed by atoms with Gasteiger partial charge in [0.05, 0.1) is 5.56 Å². The van der Waals surface area contributed by atoms with Gasteiger partial charge in [-0.05, 0) is 12.1 Å². The average Bonchev–Trinajstić information content (AvgIpc) is 2.15. The molecule has 1 aromatic heterocycles. The van der Waals surface area contributed by atoms with E-state index < -0.39 is 11.7 Å². The Bertz CT molecular complexity index is 336. The standard InChI is InChI=1S/C10H11BrF3N/c1-6(7(2)11)9-5-8(3-4-15-9)10(12,13)14/h3-7H,1-2H3. The first-order valence-electron chi connectivity index (χ1n) is 4.49. The lowest BCUT2D eigenvalue weighted by molar-refractivity contribution is -0.137. The molecule has 0 aliphatic carbocycles. The Kier molecular flexibility index (Phi) is 3.76. The van der Waals surface area contributed by atoms with Crippen LogP contribution in [0, 0.1) is 0 Å². The summed E-state index contributed by atoms with van der Waals surface area (Å²) in [4.78, 5) is 4.04. The zero-order chi connectivity index (χ0) is 11.6. The minimum Gasteiger partial charge on any atom is -0.261 e. The van der Waals surface area contributed by atoms with Crippen molar-refractivity contribution in [3.05, 3.63) is 29.6 Å². The van der Waals surface area contributed by atoms with E-state index in [9.17, 15) is 13.2 Å².